The Kier molecular flexibility index (Phi) is 4.72. The molecule has 6 heteroatoms. The number of aliphatic carboxylic acids is 2. The second-order valence-corrected chi connectivity index (χ2v) is 3.02. The van der Waals surface area contributed by atoms with E-state index >= 15 is 0 Å². The summed E-state index contributed by atoms with van der Waals surface area (Å²) in [5, 5.41) is 19.8. The normalized spacial score (nSPS) is 14.9. The fraction of sp³-hybridized carbons (Fsp3) is 0.714. The molecule has 5 nitrogen and oxygen atoms in total. The third-order valence-electron chi connectivity index (χ3n) is 1.86. The van der Waals surface area contributed by atoms with Crippen molar-refractivity contribution in [3.8, 4) is 0 Å². The summed E-state index contributed by atoms with van der Waals surface area (Å²) in [6, 6.07) is 0. The molecule has 13 heavy (non-hydrogen) atoms. The van der Waals surface area contributed by atoms with Crippen molar-refractivity contribution < 1.29 is 19.8 Å². The third-order valence-corrected chi connectivity index (χ3v) is 2.05. The summed E-state index contributed by atoms with van der Waals surface area (Å²) in [7, 11) is 1.41. The highest BCUT2D eigenvalue weighted by molar-refractivity contribution is 6.18. The van der Waals surface area contributed by atoms with Gasteiger partial charge in [-0.25, -0.2) is 0 Å². The molecule has 0 rings (SSSR count). The van der Waals surface area contributed by atoms with E-state index in [1.807, 2.05) is 0 Å². The monoisotopic (exact) mass is 209 g/mol. The zero-order valence-electron chi connectivity index (χ0n) is 7.21. The predicted octanol–water partition coefficient (Wildman–Crippen LogP) is 0.133. The zero-order valence-corrected chi connectivity index (χ0v) is 7.97. The van der Waals surface area contributed by atoms with E-state index in [4.69, 9.17) is 21.8 Å². The van der Waals surface area contributed by atoms with Crippen LogP contribution in [0.25, 0.3) is 0 Å². The number of nitrogens with one attached hydrogen (secondary N) is 1. The van der Waals surface area contributed by atoms with E-state index in [9.17, 15) is 9.59 Å². The maximum Gasteiger partial charge on any atom is 0.324 e. The first-order valence-electron chi connectivity index (χ1n) is 3.68. The Morgan fingerprint density at radius 3 is 2.23 bits per heavy atom. The van der Waals surface area contributed by atoms with Crippen molar-refractivity contribution in [3.63, 3.8) is 0 Å². The number of carboxylic acids is 2. The maximum absolute atomic E-state index is 10.8. The maximum atomic E-state index is 10.8. The molecule has 0 amide bonds. The van der Waals surface area contributed by atoms with Crippen molar-refractivity contribution in [2.75, 3.05) is 12.9 Å². The molecule has 0 fully saturated rings. The number of likely N-dealkylation sites (N-methyl/N-ethyl adjacent to an activating group) is 1. The van der Waals surface area contributed by atoms with E-state index in [1.54, 1.807) is 0 Å². The molecular formula is C7H12ClNO4. The Labute approximate surface area is 80.7 Å². The van der Waals surface area contributed by atoms with Crippen LogP contribution in [0.4, 0.5) is 0 Å². The van der Waals surface area contributed by atoms with Crippen LogP contribution in [-0.2, 0) is 9.59 Å². The molecule has 0 aliphatic rings. The van der Waals surface area contributed by atoms with E-state index in [0.717, 1.165) is 0 Å². The molecule has 0 saturated heterocycles. The van der Waals surface area contributed by atoms with E-state index < -0.39 is 23.9 Å². The molecule has 0 aromatic rings. The summed E-state index contributed by atoms with van der Waals surface area (Å²) in [5.74, 6) is -2.26. The van der Waals surface area contributed by atoms with Gasteiger partial charge in [0.2, 0.25) is 0 Å². The van der Waals surface area contributed by atoms with Gasteiger partial charge in [-0.15, -0.1) is 11.6 Å². The minimum absolute atomic E-state index is 0.0761. The Bertz CT molecular complexity index is 209. The molecule has 0 radical (unpaired) electrons. The number of carbonyl (C=O) groups is 2. The van der Waals surface area contributed by atoms with Crippen molar-refractivity contribution in [2.45, 2.75) is 18.4 Å². The minimum atomic E-state index is -1.45. The zero-order chi connectivity index (χ0) is 10.5. The molecule has 0 saturated carbocycles. The molecule has 0 heterocycles. The van der Waals surface area contributed by atoms with E-state index in [0.29, 0.717) is 0 Å². The second-order valence-electron chi connectivity index (χ2n) is 2.65. The number of rotatable bonds is 6. The Morgan fingerprint density at radius 2 is 2.00 bits per heavy atom. The molecule has 76 valence electrons. The highest BCUT2D eigenvalue weighted by atomic mass is 35.5. The lowest BCUT2D eigenvalue weighted by Gasteiger charge is -2.26. The van der Waals surface area contributed by atoms with E-state index in [2.05, 4.69) is 5.32 Å². The van der Waals surface area contributed by atoms with Crippen LogP contribution < -0.4 is 5.32 Å². The molecule has 0 spiro atoms. The van der Waals surface area contributed by atoms with Crippen LogP contribution in [0.3, 0.4) is 0 Å². The molecule has 0 bridgehead atoms. The first-order chi connectivity index (χ1) is 5.98. The van der Waals surface area contributed by atoms with Crippen LogP contribution >= 0.6 is 11.6 Å². The van der Waals surface area contributed by atoms with Crippen LogP contribution in [0, 0.1) is 0 Å². The molecule has 0 aliphatic heterocycles. The van der Waals surface area contributed by atoms with Gasteiger partial charge in [0.15, 0.2) is 0 Å². The largest absolute Gasteiger partial charge is 0.481 e. The standard InChI is InChI=1S/C7H12ClNO4/c1-9-7(2-3-8,6(12)13)4-5(10)11/h9H,2-4H2,1H3,(H,10,11)(H,12,13). The summed E-state index contributed by atoms with van der Waals surface area (Å²) >= 11 is 5.40. The predicted molar refractivity (Wildman–Crippen MR) is 47.0 cm³/mol. The Balaban J connectivity index is 4.64. The van der Waals surface area contributed by atoms with Gasteiger partial charge in [-0.2, -0.15) is 0 Å². The van der Waals surface area contributed by atoms with Crippen molar-refractivity contribution in [1.29, 1.82) is 0 Å². The quantitative estimate of drug-likeness (QED) is 0.542. The highest BCUT2D eigenvalue weighted by Crippen LogP contribution is 2.16. The summed E-state index contributed by atoms with van der Waals surface area (Å²) in [6.45, 7) is 0. The van der Waals surface area contributed by atoms with Crippen molar-refractivity contribution in [1.82, 2.24) is 5.32 Å². The molecule has 3 N–H and O–H groups in total. The lowest BCUT2D eigenvalue weighted by atomic mass is 9.92. The third kappa shape index (κ3) is 3.20. The van der Waals surface area contributed by atoms with Gasteiger partial charge >= 0.3 is 11.9 Å². The molecule has 0 aromatic carbocycles. The minimum Gasteiger partial charge on any atom is -0.481 e. The molecule has 1 unspecified atom stereocenters. The molecule has 0 aliphatic carbocycles. The van der Waals surface area contributed by atoms with Gasteiger partial charge in [0, 0.05) is 5.88 Å². The smallest absolute Gasteiger partial charge is 0.324 e. The Morgan fingerprint density at radius 1 is 1.46 bits per heavy atom. The SMILES string of the molecule is CNC(CCCl)(CC(=O)O)C(=O)O. The van der Waals surface area contributed by atoms with Crippen LogP contribution in [0.5, 0.6) is 0 Å². The fourth-order valence-electron chi connectivity index (χ4n) is 1.01. The topological polar surface area (TPSA) is 86.6 Å². The van der Waals surface area contributed by atoms with Gasteiger partial charge in [-0.05, 0) is 13.5 Å². The first-order valence-corrected chi connectivity index (χ1v) is 4.22. The average Bonchev–Trinajstić information content (AvgIpc) is 2.02. The summed E-state index contributed by atoms with van der Waals surface area (Å²) < 4.78 is 0. The molecular weight excluding hydrogens is 198 g/mol. The van der Waals surface area contributed by atoms with Crippen molar-refractivity contribution in [2.24, 2.45) is 0 Å². The molecule has 0 aromatic heterocycles. The summed E-state index contributed by atoms with van der Waals surface area (Å²) in [6.07, 6.45) is -0.405. The van der Waals surface area contributed by atoms with Crippen LogP contribution in [0.15, 0.2) is 0 Å². The van der Waals surface area contributed by atoms with E-state index in [-0.39, 0.29) is 12.3 Å². The van der Waals surface area contributed by atoms with Crippen LogP contribution in [0.2, 0.25) is 0 Å². The number of carboxylic acid groups (broad SMARTS) is 2. The number of halogens is 1. The van der Waals surface area contributed by atoms with Crippen molar-refractivity contribution >= 4 is 23.5 Å². The number of hydrogen-bond donors (Lipinski definition) is 3. The van der Waals surface area contributed by atoms with Crippen LogP contribution in [0.1, 0.15) is 12.8 Å². The number of hydrogen-bond acceptors (Lipinski definition) is 3. The highest BCUT2D eigenvalue weighted by Gasteiger charge is 2.38. The summed E-state index contributed by atoms with van der Waals surface area (Å²) in [5.41, 5.74) is -1.45. The van der Waals surface area contributed by atoms with Gasteiger partial charge in [0.25, 0.3) is 0 Å². The van der Waals surface area contributed by atoms with Gasteiger partial charge in [-0.3, -0.25) is 9.59 Å². The summed E-state index contributed by atoms with van der Waals surface area (Å²) in [4.78, 5) is 21.2. The average molecular weight is 210 g/mol. The van der Waals surface area contributed by atoms with Crippen molar-refractivity contribution in [3.05, 3.63) is 0 Å². The number of alkyl halides is 1. The lowest BCUT2D eigenvalue weighted by Crippen LogP contribution is -2.52. The fourth-order valence-corrected chi connectivity index (χ4v) is 1.33. The van der Waals surface area contributed by atoms with Gasteiger partial charge < -0.3 is 15.5 Å². The second kappa shape index (κ2) is 5.04. The van der Waals surface area contributed by atoms with Gasteiger partial charge in [0.05, 0.1) is 6.42 Å². The van der Waals surface area contributed by atoms with Crippen LogP contribution in [-0.4, -0.2) is 40.6 Å². The van der Waals surface area contributed by atoms with E-state index in [1.165, 1.54) is 7.05 Å². The van der Waals surface area contributed by atoms with Gasteiger partial charge in [0.1, 0.15) is 5.54 Å². The molecule has 1 atom stereocenters. The lowest BCUT2D eigenvalue weighted by molar-refractivity contribution is -0.151. The van der Waals surface area contributed by atoms with Gasteiger partial charge in [-0.1, -0.05) is 0 Å². The first kappa shape index (κ1) is 12.2. The Hall–Kier alpha value is -0.810.